The van der Waals surface area contributed by atoms with Gasteiger partial charge in [-0.25, -0.2) is 0 Å². The fraction of sp³-hybridized carbons (Fsp3) is 0.704. The minimum Gasteiger partial charge on any atom is -0.493 e. The van der Waals surface area contributed by atoms with E-state index in [1.165, 1.54) is 24.8 Å². The van der Waals surface area contributed by atoms with Crippen molar-refractivity contribution < 1.29 is 19.1 Å². The first-order valence-electron chi connectivity index (χ1n) is 13.1. The second kappa shape index (κ2) is 11.9. The number of nitrogens with zero attached hydrogens (tertiary/aromatic N) is 2. The summed E-state index contributed by atoms with van der Waals surface area (Å²) in [6.07, 6.45) is 9.55. The van der Waals surface area contributed by atoms with Crippen LogP contribution in [0.5, 0.6) is 11.5 Å². The van der Waals surface area contributed by atoms with Crippen molar-refractivity contribution in [1.82, 2.24) is 9.80 Å². The van der Waals surface area contributed by atoms with Crippen molar-refractivity contribution in [2.45, 2.75) is 64.3 Å². The van der Waals surface area contributed by atoms with Gasteiger partial charge in [0.25, 0.3) is 0 Å². The molecule has 2 aliphatic heterocycles. The Morgan fingerprint density at radius 1 is 0.941 bits per heavy atom. The molecule has 2 heterocycles. The summed E-state index contributed by atoms with van der Waals surface area (Å²) in [6.45, 7) is 4.85. The molecule has 188 valence electrons. The Hall–Kier alpha value is -2.28. The molecule has 1 atom stereocenters. The second-order valence-electron chi connectivity index (χ2n) is 10.4. The molecule has 0 aromatic heterocycles. The van der Waals surface area contributed by atoms with Crippen molar-refractivity contribution in [3.8, 4) is 11.5 Å². The van der Waals surface area contributed by atoms with E-state index in [2.05, 4.69) is 21.9 Å². The van der Waals surface area contributed by atoms with Crippen molar-refractivity contribution in [2.24, 2.45) is 23.5 Å². The summed E-state index contributed by atoms with van der Waals surface area (Å²) >= 11 is 0. The summed E-state index contributed by atoms with van der Waals surface area (Å²) in [5, 5.41) is 0. The van der Waals surface area contributed by atoms with Gasteiger partial charge in [0, 0.05) is 37.4 Å². The predicted octanol–water partition coefficient (Wildman–Crippen LogP) is 3.59. The molecule has 3 fully saturated rings. The molecule has 0 radical (unpaired) electrons. The largest absolute Gasteiger partial charge is 0.493 e. The summed E-state index contributed by atoms with van der Waals surface area (Å²) in [7, 11) is 1.67. The van der Waals surface area contributed by atoms with Crippen molar-refractivity contribution in [1.29, 1.82) is 0 Å². The number of likely N-dealkylation sites (tertiary alicyclic amines) is 2. The zero-order valence-corrected chi connectivity index (χ0v) is 20.7. The monoisotopic (exact) mass is 471 g/mol. The SMILES string of the molecule is COc1ccc(CN2CCC(C(N)=O)CC2)cc1OC[C@H]1CCCN(C(=O)C2CCCCC2)C1. The van der Waals surface area contributed by atoms with E-state index >= 15 is 0 Å². The molecular formula is C27H41N3O4. The number of carbonyl (C=O) groups excluding carboxylic acids is 2. The Morgan fingerprint density at radius 3 is 2.41 bits per heavy atom. The maximum absolute atomic E-state index is 13.0. The summed E-state index contributed by atoms with van der Waals surface area (Å²) in [4.78, 5) is 28.9. The molecule has 2 saturated heterocycles. The Kier molecular flexibility index (Phi) is 8.70. The third kappa shape index (κ3) is 6.44. The Bertz CT molecular complexity index is 831. The number of benzene rings is 1. The number of nitrogens with two attached hydrogens (primary N) is 1. The van der Waals surface area contributed by atoms with Gasteiger partial charge in [-0.2, -0.15) is 0 Å². The zero-order valence-electron chi connectivity index (χ0n) is 20.7. The summed E-state index contributed by atoms with van der Waals surface area (Å²) in [5.41, 5.74) is 6.64. The number of rotatable bonds is 8. The van der Waals surface area contributed by atoms with Crippen LogP contribution in [0.3, 0.4) is 0 Å². The maximum Gasteiger partial charge on any atom is 0.225 e. The maximum atomic E-state index is 13.0. The van der Waals surface area contributed by atoms with E-state index < -0.39 is 0 Å². The van der Waals surface area contributed by atoms with Crippen LogP contribution in [0.1, 0.15) is 63.4 Å². The van der Waals surface area contributed by atoms with E-state index in [1.54, 1.807) is 7.11 Å². The van der Waals surface area contributed by atoms with E-state index in [4.69, 9.17) is 15.2 Å². The standard InChI is InChI=1S/C27H41N3O4/c1-33-24-10-9-20(17-29-14-11-22(12-15-29)26(28)31)16-25(24)34-19-21-6-5-13-30(18-21)27(32)23-7-3-2-4-8-23/h9-10,16,21-23H,2-8,11-15,17-19H2,1H3,(H2,28,31)/t21-/m0/s1. The van der Waals surface area contributed by atoms with Crippen LogP contribution in [-0.4, -0.2) is 61.5 Å². The molecule has 0 spiro atoms. The summed E-state index contributed by atoms with van der Waals surface area (Å²) in [6, 6.07) is 6.13. The van der Waals surface area contributed by atoms with E-state index in [0.29, 0.717) is 18.4 Å². The number of carbonyl (C=O) groups is 2. The van der Waals surface area contributed by atoms with Gasteiger partial charge in [0.15, 0.2) is 11.5 Å². The number of primary amides is 1. The number of ether oxygens (including phenoxy) is 2. The van der Waals surface area contributed by atoms with Gasteiger partial charge < -0.3 is 20.1 Å². The highest BCUT2D eigenvalue weighted by atomic mass is 16.5. The minimum absolute atomic E-state index is 0.00562. The van der Waals surface area contributed by atoms with Crippen LogP contribution in [0.2, 0.25) is 0 Å². The molecule has 1 aliphatic carbocycles. The molecule has 34 heavy (non-hydrogen) atoms. The number of amides is 2. The van der Waals surface area contributed by atoms with Gasteiger partial charge in [-0.1, -0.05) is 25.3 Å². The van der Waals surface area contributed by atoms with Crippen molar-refractivity contribution in [3.05, 3.63) is 23.8 Å². The molecule has 0 bridgehead atoms. The lowest BCUT2D eigenvalue weighted by molar-refractivity contribution is -0.138. The molecular weight excluding hydrogens is 430 g/mol. The van der Waals surface area contributed by atoms with Crippen LogP contribution in [0.4, 0.5) is 0 Å². The summed E-state index contributed by atoms with van der Waals surface area (Å²) in [5.74, 6) is 2.28. The van der Waals surface area contributed by atoms with Crippen molar-refractivity contribution >= 4 is 11.8 Å². The highest BCUT2D eigenvalue weighted by molar-refractivity contribution is 5.79. The smallest absolute Gasteiger partial charge is 0.225 e. The lowest BCUT2D eigenvalue weighted by Gasteiger charge is -2.36. The number of hydrogen-bond acceptors (Lipinski definition) is 5. The molecule has 2 amide bonds. The first kappa shape index (κ1) is 24.8. The van der Waals surface area contributed by atoms with Gasteiger partial charge in [-0.3, -0.25) is 14.5 Å². The van der Waals surface area contributed by atoms with E-state index in [1.807, 2.05) is 6.07 Å². The lowest BCUT2D eigenvalue weighted by atomic mass is 9.87. The van der Waals surface area contributed by atoms with E-state index in [9.17, 15) is 9.59 Å². The Morgan fingerprint density at radius 2 is 1.71 bits per heavy atom. The van der Waals surface area contributed by atoms with Gasteiger partial charge in [0.1, 0.15) is 0 Å². The molecule has 4 rings (SSSR count). The van der Waals surface area contributed by atoms with Gasteiger partial charge in [0.05, 0.1) is 13.7 Å². The number of piperidine rings is 2. The van der Waals surface area contributed by atoms with Crippen LogP contribution in [0, 0.1) is 17.8 Å². The average Bonchev–Trinajstić information content (AvgIpc) is 2.88. The third-order valence-corrected chi connectivity index (χ3v) is 7.88. The summed E-state index contributed by atoms with van der Waals surface area (Å²) < 4.78 is 11.8. The number of methoxy groups -OCH3 is 1. The topological polar surface area (TPSA) is 85.1 Å². The van der Waals surface area contributed by atoms with Crippen molar-refractivity contribution in [2.75, 3.05) is 39.9 Å². The molecule has 0 unspecified atom stereocenters. The van der Waals surface area contributed by atoms with Gasteiger partial charge in [-0.15, -0.1) is 0 Å². The Labute approximate surface area is 203 Å². The minimum atomic E-state index is -0.179. The van der Waals surface area contributed by atoms with Gasteiger partial charge in [-0.05, 0) is 69.3 Å². The van der Waals surface area contributed by atoms with Crippen LogP contribution in [0.25, 0.3) is 0 Å². The zero-order chi connectivity index (χ0) is 23.9. The van der Waals surface area contributed by atoms with Gasteiger partial charge >= 0.3 is 0 Å². The number of hydrogen-bond donors (Lipinski definition) is 1. The van der Waals surface area contributed by atoms with E-state index in [0.717, 1.165) is 82.7 Å². The van der Waals surface area contributed by atoms with Crippen LogP contribution in [0.15, 0.2) is 18.2 Å². The molecule has 2 N–H and O–H groups in total. The predicted molar refractivity (Wildman–Crippen MR) is 132 cm³/mol. The first-order valence-corrected chi connectivity index (χ1v) is 13.1. The average molecular weight is 472 g/mol. The molecule has 1 aromatic carbocycles. The van der Waals surface area contributed by atoms with Crippen LogP contribution in [-0.2, 0) is 16.1 Å². The first-order chi connectivity index (χ1) is 16.5. The molecule has 3 aliphatic rings. The molecule has 7 heteroatoms. The van der Waals surface area contributed by atoms with E-state index in [-0.39, 0.29) is 17.7 Å². The normalized spacial score (nSPS) is 23.0. The van der Waals surface area contributed by atoms with Crippen LogP contribution >= 0.6 is 0 Å². The molecule has 7 nitrogen and oxygen atoms in total. The quantitative estimate of drug-likeness (QED) is 0.626. The fourth-order valence-electron chi connectivity index (χ4n) is 5.78. The van der Waals surface area contributed by atoms with Crippen molar-refractivity contribution in [3.63, 3.8) is 0 Å². The third-order valence-electron chi connectivity index (χ3n) is 7.88. The fourth-order valence-corrected chi connectivity index (χ4v) is 5.78. The highest BCUT2D eigenvalue weighted by Gasteiger charge is 2.30. The highest BCUT2D eigenvalue weighted by Crippen LogP contribution is 2.31. The second-order valence-corrected chi connectivity index (χ2v) is 10.4. The Balaban J connectivity index is 1.31. The molecule has 1 aromatic rings. The van der Waals surface area contributed by atoms with Crippen LogP contribution < -0.4 is 15.2 Å². The van der Waals surface area contributed by atoms with Gasteiger partial charge in [0.2, 0.25) is 11.8 Å². The lowest BCUT2D eigenvalue weighted by Crippen LogP contribution is -2.44. The molecule has 1 saturated carbocycles.